The van der Waals surface area contributed by atoms with Gasteiger partial charge in [0, 0.05) is 34.2 Å². The summed E-state index contributed by atoms with van der Waals surface area (Å²) in [5.74, 6) is -0.457. The van der Waals surface area contributed by atoms with E-state index in [9.17, 15) is 14.6 Å². The SMILES string of the molecule is Oc1cc(Cl)cc(F)c1-c1nnc(N[C@H]2CCC[C@@H](O)C2)c2cnccc12. The Labute approximate surface area is 160 Å². The summed E-state index contributed by atoms with van der Waals surface area (Å²) < 4.78 is 14.5. The molecule has 8 heteroatoms. The van der Waals surface area contributed by atoms with Gasteiger partial charge in [0.2, 0.25) is 0 Å². The number of aliphatic hydroxyl groups is 1. The second-order valence-corrected chi connectivity index (χ2v) is 7.20. The van der Waals surface area contributed by atoms with Crippen LogP contribution < -0.4 is 5.32 Å². The predicted octanol–water partition coefficient (Wildman–Crippen LogP) is 3.91. The van der Waals surface area contributed by atoms with Crippen LogP contribution >= 0.6 is 11.6 Å². The van der Waals surface area contributed by atoms with Crippen LogP contribution in [0.3, 0.4) is 0 Å². The fraction of sp³-hybridized carbons (Fsp3) is 0.316. The molecule has 0 unspecified atom stereocenters. The summed E-state index contributed by atoms with van der Waals surface area (Å²) in [6.07, 6.45) is 6.18. The van der Waals surface area contributed by atoms with E-state index in [1.54, 1.807) is 18.5 Å². The van der Waals surface area contributed by atoms with Gasteiger partial charge in [-0.25, -0.2) is 4.39 Å². The second kappa shape index (κ2) is 7.25. The monoisotopic (exact) mass is 388 g/mol. The third-order valence-corrected chi connectivity index (χ3v) is 5.06. The summed E-state index contributed by atoms with van der Waals surface area (Å²) in [5.41, 5.74) is 0.163. The first-order valence-electron chi connectivity index (χ1n) is 8.76. The van der Waals surface area contributed by atoms with Gasteiger partial charge in [0.1, 0.15) is 17.3 Å². The Bertz CT molecular complexity index is 978. The van der Waals surface area contributed by atoms with Crippen LogP contribution in [0.2, 0.25) is 5.02 Å². The number of benzene rings is 1. The lowest BCUT2D eigenvalue weighted by atomic mass is 9.93. The fourth-order valence-corrected chi connectivity index (χ4v) is 3.77. The fourth-order valence-electron chi connectivity index (χ4n) is 3.57. The highest BCUT2D eigenvalue weighted by atomic mass is 35.5. The summed E-state index contributed by atoms with van der Waals surface area (Å²) >= 11 is 5.80. The van der Waals surface area contributed by atoms with E-state index in [0.29, 0.717) is 23.0 Å². The molecule has 0 aliphatic heterocycles. The molecule has 2 heterocycles. The number of pyridine rings is 1. The van der Waals surface area contributed by atoms with E-state index in [-0.39, 0.29) is 34.2 Å². The predicted molar refractivity (Wildman–Crippen MR) is 101 cm³/mol. The number of aromatic nitrogens is 3. The van der Waals surface area contributed by atoms with Crippen molar-refractivity contribution in [3.63, 3.8) is 0 Å². The number of aliphatic hydroxyl groups excluding tert-OH is 1. The largest absolute Gasteiger partial charge is 0.507 e. The number of nitrogens with zero attached hydrogens (tertiary/aromatic N) is 3. The molecule has 3 aromatic rings. The molecule has 0 amide bonds. The lowest BCUT2D eigenvalue weighted by Gasteiger charge is -2.27. The minimum atomic E-state index is -0.677. The summed E-state index contributed by atoms with van der Waals surface area (Å²) in [6, 6.07) is 4.18. The van der Waals surface area contributed by atoms with E-state index in [4.69, 9.17) is 11.6 Å². The van der Waals surface area contributed by atoms with E-state index < -0.39 is 5.82 Å². The van der Waals surface area contributed by atoms with Crippen LogP contribution in [0, 0.1) is 5.82 Å². The minimum absolute atomic E-state index is 0.0530. The number of nitrogens with one attached hydrogen (secondary N) is 1. The maximum Gasteiger partial charge on any atom is 0.158 e. The minimum Gasteiger partial charge on any atom is -0.507 e. The van der Waals surface area contributed by atoms with E-state index in [0.717, 1.165) is 25.3 Å². The molecule has 0 radical (unpaired) electrons. The highest BCUT2D eigenvalue weighted by Crippen LogP contribution is 2.38. The van der Waals surface area contributed by atoms with Gasteiger partial charge in [-0.15, -0.1) is 10.2 Å². The summed E-state index contributed by atoms with van der Waals surface area (Å²) in [4.78, 5) is 4.14. The molecular formula is C19H18ClFN4O2. The first-order chi connectivity index (χ1) is 13.0. The van der Waals surface area contributed by atoms with E-state index in [2.05, 4.69) is 20.5 Å². The zero-order chi connectivity index (χ0) is 19.0. The van der Waals surface area contributed by atoms with Crippen LogP contribution in [-0.2, 0) is 0 Å². The van der Waals surface area contributed by atoms with Crippen molar-refractivity contribution < 1.29 is 14.6 Å². The zero-order valence-corrected chi connectivity index (χ0v) is 15.1. The average molecular weight is 389 g/mol. The molecule has 1 aliphatic rings. The first kappa shape index (κ1) is 17.9. The maximum absolute atomic E-state index is 14.5. The van der Waals surface area contributed by atoms with Gasteiger partial charge >= 0.3 is 0 Å². The number of fused-ring (bicyclic) bond motifs is 1. The molecule has 6 nitrogen and oxygen atoms in total. The molecule has 1 saturated carbocycles. The van der Waals surface area contributed by atoms with Crippen LogP contribution in [0.1, 0.15) is 25.7 Å². The second-order valence-electron chi connectivity index (χ2n) is 6.76. The quantitative estimate of drug-likeness (QED) is 0.630. The Balaban J connectivity index is 1.79. The molecule has 27 heavy (non-hydrogen) atoms. The molecule has 140 valence electrons. The summed E-state index contributed by atoms with van der Waals surface area (Å²) in [7, 11) is 0. The number of anilines is 1. The number of aromatic hydroxyl groups is 1. The highest BCUT2D eigenvalue weighted by molar-refractivity contribution is 6.30. The highest BCUT2D eigenvalue weighted by Gasteiger charge is 2.23. The van der Waals surface area contributed by atoms with Gasteiger partial charge in [0.15, 0.2) is 5.82 Å². The van der Waals surface area contributed by atoms with Gasteiger partial charge in [-0.2, -0.15) is 0 Å². The van der Waals surface area contributed by atoms with Gasteiger partial charge in [0.05, 0.1) is 11.7 Å². The van der Waals surface area contributed by atoms with Crippen molar-refractivity contribution in [2.75, 3.05) is 5.32 Å². The number of halogens is 2. The Morgan fingerprint density at radius 3 is 2.81 bits per heavy atom. The lowest BCUT2D eigenvalue weighted by Crippen LogP contribution is -2.30. The average Bonchev–Trinajstić information content (AvgIpc) is 2.62. The smallest absolute Gasteiger partial charge is 0.158 e. The molecule has 1 aromatic carbocycles. The molecule has 1 aliphatic carbocycles. The Kier molecular flexibility index (Phi) is 4.80. The third kappa shape index (κ3) is 3.52. The Hall–Kier alpha value is -2.51. The molecule has 0 bridgehead atoms. The number of phenolic OH excluding ortho intramolecular Hbond substituents is 1. The molecule has 2 aromatic heterocycles. The number of phenols is 1. The van der Waals surface area contributed by atoms with Crippen molar-refractivity contribution in [2.24, 2.45) is 0 Å². The van der Waals surface area contributed by atoms with Crippen molar-refractivity contribution >= 4 is 28.2 Å². The molecule has 1 fully saturated rings. The topological polar surface area (TPSA) is 91.2 Å². The van der Waals surface area contributed by atoms with Crippen molar-refractivity contribution in [1.82, 2.24) is 15.2 Å². The number of hydrogen-bond donors (Lipinski definition) is 3. The van der Waals surface area contributed by atoms with E-state index in [1.807, 2.05) is 0 Å². The normalized spacial score (nSPS) is 20.0. The number of rotatable bonds is 3. The molecule has 2 atom stereocenters. The lowest BCUT2D eigenvalue weighted by molar-refractivity contribution is 0.124. The van der Waals surface area contributed by atoms with Gasteiger partial charge in [-0.3, -0.25) is 4.98 Å². The van der Waals surface area contributed by atoms with Crippen molar-refractivity contribution in [3.05, 3.63) is 41.4 Å². The zero-order valence-electron chi connectivity index (χ0n) is 14.4. The van der Waals surface area contributed by atoms with Crippen LogP contribution in [0.25, 0.3) is 22.0 Å². The van der Waals surface area contributed by atoms with Gasteiger partial charge in [-0.1, -0.05) is 11.6 Å². The standard InChI is InChI=1S/C19H18ClFN4O2/c20-10-6-15(21)17(16(27)7-10)18-13-4-5-22-9-14(13)19(25-24-18)23-11-2-1-3-12(26)8-11/h4-7,9,11-12,26-27H,1-3,8H2,(H,23,25)/t11-,12+/m0/s1. The molecular weight excluding hydrogens is 371 g/mol. The molecule has 4 rings (SSSR count). The Morgan fingerprint density at radius 2 is 2.04 bits per heavy atom. The van der Waals surface area contributed by atoms with E-state index >= 15 is 0 Å². The van der Waals surface area contributed by atoms with Crippen molar-refractivity contribution in [2.45, 2.75) is 37.8 Å². The third-order valence-electron chi connectivity index (χ3n) is 4.84. The van der Waals surface area contributed by atoms with Gasteiger partial charge in [-0.05, 0) is 43.9 Å². The van der Waals surface area contributed by atoms with Gasteiger partial charge < -0.3 is 15.5 Å². The van der Waals surface area contributed by atoms with Gasteiger partial charge in [0.25, 0.3) is 0 Å². The van der Waals surface area contributed by atoms with Crippen LogP contribution in [0.15, 0.2) is 30.6 Å². The Morgan fingerprint density at radius 1 is 1.19 bits per heavy atom. The molecule has 3 N–H and O–H groups in total. The summed E-state index contributed by atoms with van der Waals surface area (Å²) in [6.45, 7) is 0. The molecule has 0 spiro atoms. The van der Waals surface area contributed by atoms with Crippen molar-refractivity contribution in [3.8, 4) is 17.0 Å². The van der Waals surface area contributed by atoms with Crippen molar-refractivity contribution in [1.29, 1.82) is 0 Å². The summed E-state index contributed by atoms with van der Waals surface area (Å²) in [5, 5.41) is 33.1. The van der Waals surface area contributed by atoms with Crippen LogP contribution in [0.4, 0.5) is 10.2 Å². The maximum atomic E-state index is 14.5. The first-order valence-corrected chi connectivity index (χ1v) is 9.14. The van der Waals surface area contributed by atoms with E-state index in [1.165, 1.54) is 6.07 Å². The molecule has 0 saturated heterocycles. The number of hydrogen-bond acceptors (Lipinski definition) is 6. The van der Waals surface area contributed by atoms with Crippen LogP contribution in [0.5, 0.6) is 5.75 Å². The van der Waals surface area contributed by atoms with Crippen LogP contribution in [-0.4, -0.2) is 37.5 Å².